The second-order valence-electron chi connectivity index (χ2n) is 4.55. The van der Waals surface area contributed by atoms with Crippen LogP contribution in [0.2, 0.25) is 0 Å². The Kier molecular flexibility index (Phi) is 6.27. The smallest absolute Gasteiger partial charge is 0.316 e. The number of thioether (sulfide) groups is 1. The lowest BCUT2D eigenvalue weighted by molar-refractivity contribution is -0.140. The number of carbonyl (C=O) groups is 1. The molecule has 118 valence electrons. The lowest BCUT2D eigenvalue weighted by Gasteiger charge is -2.06. The second-order valence-corrected chi connectivity index (χ2v) is 5.49. The van der Waals surface area contributed by atoms with E-state index in [1.807, 2.05) is 10.6 Å². The van der Waals surface area contributed by atoms with Crippen LogP contribution < -0.4 is 0 Å². The maximum atomic E-state index is 11.7. The summed E-state index contributed by atoms with van der Waals surface area (Å²) >= 11 is 1.30. The first kappa shape index (κ1) is 16.4. The van der Waals surface area contributed by atoms with Crippen LogP contribution in [0.5, 0.6) is 0 Å². The van der Waals surface area contributed by atoms with Gasteiger partial charge < -0.3 is 9.15 Å². The minimum absolute atomic E-state index is 0.206. The highest BCUT2D eigenvalue weighted by Gasteiger charge is 2.16. The van der Waals surface area contributed by atoms with Crippen LogP contribution in [0.1, 0.15) is 19.8 Å². The Bertz CT molecular complexity index is 608. The molecule has 2 heterocycles. The number of hydrogen-bond acceptors (Lipinski definition) is 6. The van der Waals surface area contributed by atoms with Gasteiger partial charge in [-0.3, -0.25) is 9.36 Å². The minimum Gasteiger partial charge on any atom is -0.465 e. The van der Waals surface area contributed by atoms with Gasteiger partial charge in [0.1, 0.15) is 0 Å². The fourth-order valence-electron chi connectivity index (χ4n) is 1.77. The Morgan fingerprint density at radius 3 is 3.09 bits per heavy atom. The SMILES string of the molecule is C=CCn1c(SCC(=O)OCCCC)nnc1-c1ccco1. The van der Waals surface area contributed by atoms with Crippen molar-refractivity contribution in [1.29, 1.82) is 0 Å². The summed E-state index contributed by atoms with van der Waals surface area (Å²) in [6, 6.07) is 3.61. The molecule has 0 saturated carbocycles. The van der Waals surface area contributed by atoms with Crippen molar-refractivity contribution in [2.45, 2.75) is 31.5 Å². The van der Waals surface area contributed by atoms with Crippen LogP contribution >= 0.6 is 11.8 Å². The zero-order chi connectivity index (χ0) is 15.8. The molecule has 22 heavy (non-hydrogen) atoms. The highest BCUT2D eigenvalue weighted by Crippen LogP contribution is 2.24. The third-order valence-corrected chi connectivity index (χ3v) is 3.79. The minimum atomic E-state index is -0.244. The van der Waals surface area contributed by atoms with Gasteiger partial charge in [0, 0.05) is 6.54 Å². The van der Waals surface area contributed by atoms with Crippen LogP contribution in [0.3, 0.4) is 0 Å². The Labute approximate surface area is 133 Å². The van der Waals surface area contributed by atoms with Gasteiger partial charge >= 0.3 is 5.97 Å². The number of ether oxygens (including phenoxy) is 1. The predicted octanol–water partition coefficient (Wildman–Crippen LogP) is 3.16. The fourth-order valence-corrected chi connectivity index (χ4v) is 2.52. The van der Waals surface area contributed by atoms with E-state index in [9.17, 15) is 4.79 Å². The van der Waals surface area contributed by atoms with Crippen LogP contribution in [0.4, 0.5) is 0 Å². The maximum Gasteiger partial charge on any atom is 0.316 e. The lowest BCUT2D eigenvalue weighted by atomic mass is 10.4. The quantitative estimate of drug-likeness (QED) is 0.306. The third kappa shape index (κ3) is 4.24. The number of hydrogen-bond donors (Lipinski definition) is 0. The number of unbranched alkanes of at least 4 members (excludes halogenated alkanes) is 1. The lowest BCUT2D eigenvalue weighted by Crippen LogP contribution is -2.09. The summed E-state index contributed by atoms with van der Waals surface area (Å²) in [7, 11) is 0. The first-order valence-corrected chi connectivity index (χ1v) is 8.11. The monoisotopic (exact) mass is 321 g/mol. The Morgan fingerprint density at radius 2 is 2.41 bits per heavy atom. The van der Waals surface area contributed by atoms with Gasteiger partial charge in [0.15, 0.2) is 10.9 Å². The van der Waals surface area contributed by atoms with E-state index < -0.39 is 0 Å². The molecule has 0 unspecified atom stereocenters. The van der Waals surface area contributed by atoms with Crippen molar-refractivity contribution >= 4 is 17.7 Å². The molecule has 2 rings (SSSR count). The average molecular weight is 321 g/mol. The van der Waals surface area contributed by atoms with Crippen molar-refractivity contribution in [3.63, 3.8) is 0 Å². The van der Waals surface area contributed by atoms with Gasteiger partial charge in [0.05, 0.1) is 18.6 Å². The first-order chi connectivity index (χ1) is 10.8. The van der Waals surface area contributed by atoms with Gasteiger partial charge in [-0.1, -0.05) is 31.2 Å². The summed E-state index contributed by atoms with van der Waals surface area (Å²) in [6.45, 7) is 6.79. The van der Waals surface area contributed by atoms with Crippen LogP contribution in [0.15, 0.2) is 40.6 Å². The Balaban J connectivity index is 2.02. The van der Waals surface area contributed by atoms with Gasteiger partial charge in [-0.15, -0.1) is 16.8 Å². The summed E-state index contributed by atoms with van der Waals surface area (Å²) in [5.41, 5.74) is 0. The van der Waals surface area contributed by atoms with Crippen molar-refractivity contribution < 1.29 is 13.9 Å². The first-order valence-electron chi connectivity index (χ1n) is 7.12. The summed E-state index contributed by atoms with van der Waals surface area (Å²) in [6.07, 6.45) is 5.21. The van der Waals surface area contributed by atoms with Crippen molar-refractivity contribution in [2.24, 2.45) is 0 Å². The molecular weight excluding hydrogens is 302 g/mol. The van der Waals surface area contributed by atoms with Gasteiger partial charge in [0.25, 0.3) is 0 Å². The molecule has 2 aromatic heterocycles. The molecule has 0 aromatic carbocycles. The molecule has 6 nitrogen and oxygen atoms in total. The number of allylic oxidation sites excluding steroid dienone is 1. The number of nitrogens with zero attached hydrogens (tertiary/aromatic N) is 3. The van der Waals surface area contributed by atoms with E-state index >= 15 is 0 Å². The summed E-state index contributed by atoms with van der Waals surface area (Å²) in [5.74, 6) is 1.21. The highest BCUT2D eigenvalue weighted by atomic mass is 32.2. The van der Waals surface area contributed by atoms with Crippen LogP contribution in [-0.2, 0) is 16.1 Å². The van der Waals surface area contributed by atoms with Gasteiger partial charge in [-0.25, -0.2) is 0 Å². The Morgan fingerprint density at radius 1 is 1.55 bits per heavy atom. The number of carbonyl (C=O) groups excluding carboxylic acids is 1. The molecule has 0 N–H and O–H groups in total. The molecule has 0 bridgehead atoms. The molecule has 0 radical (unpaired) electrons. The molecule has 7 heteroatoms. The van der Waals surface area contributed by atoms with Gasteiger partial charge in [0.2, 0.25) is 5.82 Å². The van der Waals surface area contributed by atoms with E-state index in [-0.39, 0.29) is 11.7 Å². The molecule has 0 amide bonds. The largest absolute Gasteiger partial charge is 0.465 e. The third-order valence-electron chi connectivity index (χ3n) is 2.85. The normalized spacial score (nSPS) is 10.6. The molecule has 2 aromatic rings. The van der Waals surface area contributed by atoms with E-state index in [4.69, 9.17) is 9.15 Å². The number of esters is 1. The highest BCUT2D eigenvalue weighted by molar-refractivity contribution is 7.99. The fraction of sp³-hybridized carbons (Fsp3) is 0.400. The van der Waals surface area contributed by atoms with E-state index in [0.717, 1.165) is 12.8 Å². The molecular formula is C15H19N3O3S. The number of furan rings is 1. The van der Waals surface area contributed by atoms with E-state index in [1.54, 1.807) is 18.4 Å². The van der Waals surface area contributed by atoms with Crippen LogP contribution in [-0.4, -0.2) is 33.1 Å². The summed E-state index contributed by atoms with van der Waals surface area (Å²) < 4.78 is 12.3. The van der Waals surface area contributed by atoms with E-state index in [0.29, 0.717) is 29.9 Å². The van der Waals surface area contributed by atoms with Crippen LogP contribution in [0.25, 0.3) is 11.6 Å². The van der Waals surface area contributed by atoms with Crippen LogP contribution in [0, 0.1) is 0 Å². The second kappa shape index (κ2) is 8.43. The zero-order valence-electron chi connectivity index (χ0n) is 12.5. The van der Waals surface area contributed by atoms with Gasteiger partial charge in [-0.2, -0.15) is 0 Å². The Hall–Kier alpha value is -2.02. The zero-order valence-corrected chi connectivity index (χ0v) is 13.3. The summed E-state index contributed by atoms with van der Waals surface area (Å²) in [5, 5.41) is 8.89. The number of rotatable bonds is 9. The molecule has 0 aliphatic carbocycles. The molecule has 0 aliphatic heterocycles. The topological polar surface area (TPSA) is 70.2 Å². The van der Waals surface area contributed by atoms with Crippen molar-refractivity contribution in [1.82, 2.24) is 14.8 Å². The summed E-state index contributed by atoms with van der Waals surface area (Å²) in [4.78, 5) is 11.7. The average Bonchev–Trinajstić information content (AvgIpc) is 3.15. The molecule has 0 fully saturated rings. The maximum absolute atomic E-state index is 11.7. The van der Waals surface area contributed by atoms with Crippen molar-refractivity contribution in [3.05, 3.63) is 31.1 Å². The van der Waals surface area contributed by atoms with Gasteiger partial charge in [-0.05, 0) is 18.6 Å². The molecule has 0 atom stereocenters. The standard InChI is InChI=1S/C15H19N3O3S/c1-3-5-9-21-13(19)11-22-15-17-16-14(18(15)8-4-2)12-7-6-10-20-12/h4,6-7,10H,2-3,5,8-9,11H2,1H3. The van der Waals surface area contributed by atoms with Crippen molar-refractivity contribution in [2.75, 3.05) is 12.4 Å². The predicted molar refractivity (Wildman–Crippen MR) is 84.5 cm³/mol. The molecule has 0 spiro atoms. The van der Waals surface area contributed by atoms with E-state index in [2.05, 4.69) is 23.7 Å². The van der Waals surface area contributed by atoms with Crippen molar-refractivity contribution in [3.8, 4) is 11.6 Å². The molecule has 0 aliphatic rings. The molecule has 0 saturated heterocycles. The number of aromatic nitrogens is 3. The van der Waals surface area contributed by atoms with E-state index in [1.165, 1.54) is 11.8 Å².